The van der Waals surface area contributed by atoms with E-state index >= 15 is 0 Å². The lowest BCUT2D eigenvalue weighted by Gasteiger charge is -2.29. The van der Waals surface area contributed by atoms with E-state index in [-0.39, 0.29) is 5.41 Å². The van der Waals surface area contributed by atoms with Crippen LogP contribution in [0, 0.1) is 11.3 Å². The monoisotopic (exact) mass is 313 g/mol. The Morgan fingerprint density at radius 3 is 2.70 bits per heavy atom. The van der Waals surface area contributed by atoms with E-state index in [9.17, 15) is 9.90 Å². The van der Waals surface area contributed by atoms with Crippen molar-refractivity contribution in [1.29, 1.82) is 0 Å². The van der Waals surface area contributed by atoms with Crippen molar-refractivity contribution in [2.75, 3.05) is 13.1 Å². The summed E-state index contributed by atoms with van der Waals surface area (Å²) in [6.07, 6.45) is 6.66. The zero-order chi connectivity index (χ0) is 16.1. The van der Waals surface area contributed by atoms with E-state index in [4.69, 9.17) is 0 Å². The van der Waals surface area contributed by atoms with E-state index in [0.717, 1.165) is 32.4 Å². The first kappa shape index (κ1) is 15.2. The molecular formula is C20H27NO2. The van der Waals surface area contributed by atoms with Crippen LogP contribution in [0.1, 0.15) is 51.0 Å². The third-order valence-corrected chi connectivity index (χ3v) is 7.03. The van der Waals surface area contributed by atoms with Crippen molar-refractivity contribution in [2.24, 2.45) is 11.3 Å². The van der Waals surface area contributed by atoms with Crippen LogP contribution >= 0.6 is 0 Å². The number of carboxylic acid groups (broad SMARTS) is 1. The average Bonchev–Trinajstić information content (AvgIpc) is 3.20. The highest BCUT2D eigenvalue weighted by atomic mass is 16.4. The van der Waals surface area contributed by atoms with Gasteiger partial charge in [0.15, 0.2) is 0 Å². The Morgan fingerprint density at radius 2 is 2.00 bits per heavy atom. The Labute approximate surface area is 138 Å². The normalized spacial score (nSPS) is 40.4. The van der Waals surface area contributed by atoms with Crippen LogP contribution in [0.3, 0.4) is 0 Å². The Hall–Kier alpha value is -1.35. The van der Waals surface area contributed by atoms with Gasteiger partial charge in [0.25, 0.3) is 0 Å². The summed E-state index contributed by atoms with van der Waals surface area (Å²) in [6.45, 7) is 4.16. The fraction of sp³-hybridized carbons (Fsp3) is 0.650. The van der Waals surface area contributed by atoms with Crippen molar-refractivity contribution < 1.29 is 9.90 Å². The Kier molecular flexibility index (Phi) is 3.53. The molecule has 4 rings (SSSR count). The summed E-state index contributed by atoms with van der Waals surface area (Å²) in [5.74, 6) is -0.171. The zero-order valence-corrected chi connectivity index (χ0v) is 14.0. The van der Waals surface area contributed by atoms with Crippen molar-refractivity contribution in [3.8, 4) is 0 Å². The summed E-state index contributed by atoms with van der Waals surface area (Å²) in [7, 11) is 0. The molecule has 2 saturated carbocycles. The third-order valence-electron chi connectivity index (χ3n) is 7.03. The molecule has 0 amide bonds. The number of hydrogen-bond acceptors (Lipinski definition) is 2. The third kappa shape index (κ3) is 2.32. The predicted molar refractivity (Wildman–Crippen MR) is 90.4 cm³/mol. The molecule has 3 nitrogen and oxygen atoms in total. The molecular weight excluding hydrogens is 286 g/mol. The molecule has 0 radical (unpaired) electrons. The Bertz CT molecular complexity index is 601. The number of likely N-dealkylation sites (tertiary alicyclic amines) is 1. The maximum atomic E-state index is 11.9. The molecule has 3 heteroatoms. The zero-order valence-electron chi connectivity index (χ0n) is 14.0. The minimum absolute atomic E-state index is 0.250. The lowest BCUT2D eigenvalue weighted by molar-refractivity contribution is -0.149. The second-order valence-electron chi connectivity index (χ2n) is 8.30. The molecule has 2 aliphatic carbocycles. The lowest BCUT2D eigenvalue weighted by atomic mass is 9.80. The van der Waals surface area contributed by atoms with Gasteiger partial charge in [-0.1, -0.05) is 43.7 Å². The molecule has 4 atom stereocenters. The van der Waals surface area contributed by atoms with Crippen molar-refractivity contribution in [3.05, 3.63) is 35.9 Å². The molecule has 1 saturated heterocycles. The van der Waals surface area contributed by atoms with Crippen molar-refractivity contribution in [3.63, 3.8) is 0 Å². The van der Waals surface area contributed by atoms with E-state index in [2.05, 4.69) is 42.2 Å². The molecule has 0 bridgehead atoms. The topological polar surface area (TPSA) is 40.5 Å². The molecule has 3 aliphatic rings. The van der Waals surface area contributed by atoms with Crippen molar-refractivity contribution in [2.45, 2.75) is 56.9 Å². The van der Waals surface area contributed by atoms with Gasteiger partial charge in [-0.05, 0) is 49.0 Å². The van der Waals surface area contributed by atoms with Gasteiger partial charge in [0.2, 0.25) is 0 Å². The van der Waals surface area contributed by atoms with Crippen LogP contribution in [0.15, 0.2) is 30.3 Å². The molecule has 0 spiro atoms. The minimum Gasteiger partial charge on any atom is -0.481 e. The van der Waals surface area contributed by atoms with Gasteiger partial charge in [0.1, 0.15) is 0 Å². The molecule has 1 heterocycles. The molecule has 3 fully saturated rings. The first-order valence-electron chi connectivity index (χ1n) is 9.06. The number of hydrogen-bond donors (Lipinski definition) is 1. The van der Waals surface area contributed by atoms with Crippen LogP contribution in [-0.4, -0.2) is 35.1 Å². The number of aliphatic carboxylic acids is 1. The van der Waals surface area contributed by atoms with Crippen LogP contribution in [0.2, 0.25) is 0 Å². The van der Waals surface area contributed by atoms with Gasteiger partial charge in [-0.3, -0.25) is 9.69 Å². The second-order valence-corrected chi connectivity index (χ2v) is 8.30. The van der Waals surface area contributed by atoms with E-state index in [0.29, 0.717) is 12.0 Å². The van der Waals surface area contributed by atoms with E-state index in [1.807, 2.05) is 0 Å². The van der Waals surface area contributed by atoms with E-state index < -0.39 is 11.4 Å². The van der Waals surface area contributed by atoms with Gasteiger partial charge >= 0.3 is 5.97 Å². The standard InChI is InChI=1S/C20H27NO2/c1-19(15-6-3-2-4-7-15)11-9-17(12-19)21-13-16-8-5-10-20(16,14-21)18(22)23/h2-4,6-7,16-17H,5,8-14H2,1H3,(H,22,23)/t16-,17?,19?,20+/m0/s1. The SMILES string of the molecule is CC1(c2ccccc2)CCC(N2C[C@@H]3CCC[C@@]3(C(=O)O)C2)C1. The largest absolute Gasteiger partial charge is 0.481 e. The van der Waals surface area contributed by atoms with Gasteiger partial charge < -0.3 is 5.11 Å². The van der Waals surface area contributed by atoms with Gasteiger partial charge in [0, 0.05) is 19.1 Å². The number of carbonyl (C=O) groups is 1. The van der Waals surface area contributed by atoms with E-state index in [1.54, 1.807) is 0 Å². The average molecular weight is 313 g/mol. The molecule has 2 unspecified atom stereocenters. The summed E-state index contributed by atoms with van der Waals surface area (Å²) >= 11 is 0. The molecule has 1 aromatic carbocycles. The van der Waals surface area contributed by atoms with Crippen LogP contribution in [-0.2, 0) is 10.2 Å². The minimum atomic E-state index is -0.550. The van der Waals surface area contributed by atoms with Crippen LogP contribution < -0.4 is 0 Å². The maximum absolute atomic E-state index is 11.9. The summed E-state index contributed by atoms with van der Waals surface area (Å²) in [5.41, 5.74) is 1.25. The first-order chi connectivity index (χ1) is 11.0. The molecule has 1 aliphatic heterocycles. The fourth-order valence-corrected chi connectivity index (χ4v) is 5.58. The van der Waals surface area contributed by atoms with Gasteiger partial charge in [-0.2, -0.15) is 0 Å². The number of benzene rings is 1. The Morgan fingerprint density at radius 1 is 1.22 bits per heavy atom. The summed E-state index contributed by atoms with van der Waals surface area (Å²) < 4.78 is 0. The number of fused-ring (bicyclic) bond motifs is 1. The van der Waals surface area contributed by atoms with Crippen LogP contribution in [0.5, 0.6) is 0 Å². The highest BCUT2D eigenvalue weighted by Crippen LogP contribution is 2.52. The highest BCUT2D eigenvalue weighted by Gasteiger charge is 2.56. The van der Waals surface area contributed by atoms with Crippen LogP contribution in [0.25, 0.3) is 0 Å². The Balaban J connectivity index is 1.50. The molecule has 124 valence electrons. The van der Waals surface area contributed by atoms with Gasteiger partial charge in [-0.15, -0.1) is 0 Å². The maximum Gasteiger partial charge on any atom is 0.311 e. The van der Waals surface area contributed by atoms with Crippen molar-refractivity contribution >= 4 is 5.97 Å². The summed E-state index contributed by atoms with van der Waals surface area (Å²) in [4.78, 5) is 14.4. The highest BCUT2D eigenvalue weighted by molar-refractivity contribution is 5.76. The van der Waals surface area contributed by atoms with Gasteiger partial charge in [0.05, 0.1) is 5.41 Å². The molecule has 1 aromatic rings. The second kappa shape index (κ2) is 5.34. The predicted octanol–water partition coefficient (Wildman–Crippen LogP) is 3.68. The number of rotatable bonds is 3. The smallest absolute Gasteiger partial charge is 0.311 e. The number of carboxylic acids is 1. The van der Waals surface area contributed by atoms with Crippen LogP contribution in [0.4, 0.5) is 0 Å². The summed E-state index contributed by atoms with van der Waals surface area (Å²) in [6, 6.07) is 11.4. The first-order valence-corrected chi connectivity index (χ1v) is 9.06. The van der Waals surface area contributed by atoms with E-state index in [1.165, 1.54) is 24.8 Å². The number of nitrogens with zero attached hydrogens (tertiary/aromatic N) is 1. The molecule has 1 N–H and O–H groups in total. The van der Waals surface area contributed by atoms with Crippen molar-refractivity contribution in [1.82, 2.24) is 4.90 Å². The fourth-order valence-electron chi connectivity index (χ4n) is 5.58. The lowest BCUT2D eigenvalue weighted by Crippen LogP contribution is -2.38. The summed E-state index contributed by atoms with van der Waals surface area (Å²) in [5, 5.41) is 9.79. The quantitative estimate of drug-likeness (QED) is 0.925. The molecule has 0 aromatic heterocycles. The molecule has 23 heavy (non-hydrogen) atoms. The van der Waals surface area contributed by atoms with Gasteiger partial charge in [-0.25, -0.2) is 0 Å².